The second-order valence-corrected chi connectivity index (χ2v) is 16.8. The van der Waals surface area contributed by atoms with Crippen molar-refractivity contribution in [1.82, 2.24) is 4.90 Å². The molecule has 0 aliphatic rings. The van der Waals surface area contributed by atoms with Crippen LogP contribution in [0.5, 0.6) is 0 Å². The predicted molar refractivity (Wildman–Crippen MR) is 222 cm³/mol. The quantitative estimate of drug-likeness (QED) is 0.0611. The number of rotatable bonds is 17. The van der Waals surface area contributed by atoms with E-state index < -0.39 is 57.5 Å². The normalized spacial score (nSPS) is 12.2. The van der Waals surface area contributed by atoms with Crippen molar-refractivity contribution >= 4 is 47.3 Å². The van der Waals surface area contributed by atoms with Crippen molar-refractivity contribution in [2.24, 2.45) is 5.73 Å². The van der Waals surface area contributed by atoms with E-state index >= 15 is 0 Å². The predicted octanol–water partition coefficient (Wildman–Crippen LogP) is 8.00. The van der Waals surface area contributed by atoms with Gasteiger partial charge < -0.3 is 19.9 Å². The monoisotopic (exact) mass is 795 g/mol. The van der Waals surface area contributed by atoms with E-state index in [1.165, 1.54) is 11.8 Å². The maximum absolute atomic E-state index is 14.4. The molecule has 4 aromatic carbocycles. The lowest BCUT2D eigenvalue weighted by atomic mass is 9.84. The highest BCUT2D eigenvalue weighted by Gasteiger charge is 2.47. The molecule has 0 aliphatic heterocycles. The number of nitrogens with one attached hydrogen (secondary N) is 1. The van der Waals surface area contributed by atoms with Crippen LogP contribution in [0, 0.1) is 0 Å². The Morgan fingerprint density at radius 1 is 0.702 bits per heavy atom. The molecule has 1 atom stereocenters. The van der Waals surface area contributed by atoms with Crippen LogP contribution in [0.4, 0.5) is 10.5 Å². The summed E-state index contributed by atoms with van der Waals surface area (Å²) in [7, 11) is 0. The van der Waals surface area contributed by atoms with Crippen LogP contribution in [0.25, 0.3) is 0 Å². The molecule has 0 heterocycles. The van der Waals surface area contributed by atoms with Crippen molar-refractivity contribution in [3.8, 4) is 0 Å². The smallest absolute Gasteiger partial charge is 0.412 e. The zero-order valence-electron chi connectivity index (χ0n) is 33.5. The van der Waals surface area contributed by atoms with Gasteiger partial charge in [-0.25, -0.2) is 4.79 Å². The summed E-state index contributed by atoms with van der Waals surface area (Å²) in [6.45, 7) is 10.2. The first-order valence-electron chi connectivity index (χ1n) is 18.9. The SMILES string of the molecule is CCOC(=O)CN(C(=O)CCCC(=O)OCc1ccccc1)C(=O)[C@@H](N)C(C)(C)SC(c1ccccc1)(c1ccccc1)c1ccc(NC(=O)OC(C)(C)C)cc1. The first-order valence-corrected chi connectivity index (χ1v) is 19.7. The van der Waals surface area contributed by atoms with Crippen LogP contribution in [0.2, 0.25) is 0 Å². The fourth-order valence-corrected chi connectivity index (χ4v) is 7.89. The Morgan fingerprint density at radius 3 is 1.75 bits per heavy atom. The molecule has 11 nitrogen and oxygen atoms in total. The third-order valence-corrected chi connectivity index (χ3v) is 10.7. The Morgan fingerprint density at radius 2 is 1.23 bits per heavy atom. The molecular formula is C45H53N3O8S. The molecule has 3 amide bonds. The van der Waals surface area contributed by atoms with Gasteiger partial charge in [0.2, 0.25) is 11.8 Å². The van der Waals surface area contributed by atoms with Gasteiger partial charge in [-0.3, -0.25) is 29.4 Å². The van der Waals surface area contributed by atoms with Gasteiger partial charge in [0.1, 0.15) is 18.8 Å². The molecule has 0 fully saturated rings. The number of amides is 3. The highest BCUT2D eigenvalue weighted by molar-refractivity contribution is 8.02. The largest absolute Gasteiger partial charge is 0.465 e. The summed E-state index contributed by atoms with van der Waals surface area (Å²) < 4.78 is 13.9. The van der Waals surface area contributed by atoms with E-state index in [0.717, 1.165) is 27.2 Å². The van der Waals surface area contributed by atoms with Crippen molar-refractivity contribution in [2.75, 3.05) is 18.5 Å². The molecular weight excluding hydrogens is 743 g/mol. The first-order chi connectivity index (χ1) is 27.1. The van der Waals surface area contributed by atoms with Crippen molar-refractivity contribution in [3.63, 3.8) is 0 Å². The maximum Gasteiger partial charge on any atom is 0.412 e. The Hall–Kier alpha value is -5.46. The fourth-order valence-electron chi connectivity index (χ4n) is 6.11. The van der Waals surface area contributed by atoms with Gasteiger partial charge >= 0.3 is 18.0 Å². The molecule has 0 aliphatic carbocycles. The number of esters is 2. The van der Waals surface area contributed by atoms with Crippen molar-refractivity contribution in [2.45, 2.75) is 88.5 Å². The molecule has 302 valence electrons. The zero-order valence-corrected chi connectivity index (χ0v) is 34.3. The molecule has 0 spiro atoms. The van der Waals surface area contributed by atoms with Crippen molar-refractivity contribution < 1.29 is 38.2 Å². The van der Waals surface area contributed by atoms with Gasteiger partial charge in [0.25, 0.3) is 0 Å². The van der Waals surface area contributed by atoms with E-state index in [0.29, 0.717) is 5.69 Å². The summed E-state index contributed by atoms with van der Waals surface area (Å²) in [5.74, 6) is -2.67. The van der Waals surface area contributed by atoms with Crippen LogP contribution in [0.1, 0.15) is 83.1 Å². The molecule has 12 heteroatoms. The highest BCUT2D eigenvalue weighted by atomic mass is 32.2. The van der Waals surface area contributed by atoms with Crippen LogP contribution in [-0.4, -0.2) is 64.3 Å². The number of carbonyl (C=O) groups is 5. The van der Waals surface area contributed by atoms with Crippen LogP contribution in [0.15, 0.2) is 115 Å². The Balaban J connectivity index is 1.64. The second kappa shape index (κ2) is 20.1. The lowest BCUT2D eigenvalue weighted by molar-refractivity contribution is -0.156. The number of hydrogen-bond donors (Lipinski definition) is 2. The molecule has 3 N–H and O–H groups in total. The number of benzene rings is 4. The third-order valence-electron chi connectivity index (χ3n) is 8.90. The number of thioether (sulfide) groups is 1. The number of nitrogens with two attached hydrogens (primary N) is 1. The molecule has 4 aromatic rings. The summed E-state index contributed by atoms with van der Waals surface area (Å²) in [6.07, 6.45) is -0.752. The standard InChI is InChI=1S/C45H53N3O8S/c1-7-54-39(51)30-48(37(49)24-17-25-38(50)55-31-32-18-11-8-12-19-32)41(52)40(46)44(5,6)57-45(33-20-13-9-14-21-33,34-22-15-10-16-23-34)35-26-28-36(29-27-35)47-42(53)56-43(2,3)4/h8-16,18-23,26-29,40H,7,17,24-25,30-31,46H2,1-6H3,(H,47,53)/t40-/m1/s1. The van der Waals surface area contributed by atoms with Gasteiger partial charge in [-0.05, 0) is 82.3 Å². The third kappa shape index (κ3) is 12.5. The average molecular weight is 796 g/mol. The number of carbonyl (C=O) groups excluding carboxylic acids is 5. The minimum atomic E-state index is -1.29. The number of anilines is 1. The number of nitrogens with zero attached hydrogens (tertiary/aromatic N) is 1. The van der Waals surface area contributed by atoms with E-state index in [4.69, 9.17) is 19.9 Å². The second-order valence-electron chi connectivity index (χ2n) is 14.9. The highest BCUT2D eigenvalue weighted by Crippen LogP contribution is 2.54. The van der Waals surface area contributed by atoms with Crippen LogP contribution < -0.4 is 11.1 Å². The number of imide groups is 1. The first kappa shape index (κ1) is 44.3. The summed E-state index contributed by atoms with van der Waals surface area (Å²) in [5.41, 5.74) is 10.2. The molecule has 0 saturated heterocycles. The lowest BCUT2D eigenvalue weighted by Crippen LogP contribution is -2.57. The van der Waals surface area contributed by atoms with Gasteiger partial charge in [-0.15, -0.1) is 11.8 Å². The lowest BCUT2D eigenvalue weighted by Gasteiger charge is -2.43. The Bertz CT molecular complexity index is 1910. The van der Waals surface area contributed by atoms with Crippen molar-refractivity contribution in [3.05, 3.63) is 138 Å². The van der Waals surface area contributed by atoms with E-state index in [1.807, 2.05) is 117 Å². The molecule has 0 bridgehead atoms. The Labute approximate surface area is 339 Å². The fraction of sp³-hybridized carbons (Fsp3) is 0.356. The van der Waals surface area contributed by atoms with Gasteiger partial charge in [-0.1, -0.05) is 103 Å². The average Bonchev–Trinajstić information content (AvgIpc) is 3.18. The molecule has 4 rings (SSSR count). The minimum absolute atomic E-state index is 0.0540. The van der Waals surface area contributed by atoms with E-state index in [1.54, 1.807) is 39.8 Å². The van der Waals surface area contributed by atoms with Crippen LogP contribution >= 0.6 is 11.8 Å². The van der Waals surface area contributed by atoms with Crippen molar-refractivity contribution in [1.29, 1.82) is 0 Å². The maximum atomic E-state index is 14.4. The molecule has 0 saturated carbocycles. The summed E-state index contributed by atoms with van der Waals surface area (Å²) >= 11 is 1.43. The van der Waals surface area contributed by atoms with E-state index in [-0.39, 0.29) is 32.5 Å². The Kier molecular flexibility index (Phi) is 15.6. The van der Waals surface area contributed by atoms with E-state index in [9.17, 15) is 24.0 Å². The van der Waals surface area contributed by atoms with Gasteiger partial charge in [0.15, 0.2) is 0 Å². The molecule has 57 heavy (non-hydrogen) atoms. The van der Waals surface area contributed by atoms with Crippen LogP contribution in [-0.2, 0) is 44.7 Å². The van der Waals surface area contributed by atoms with Crippen LogP contribution in [0.3, 0.4) is 0 Å². The minimum Gasteiger partial charge on any atom is -0.465 e. The number of ether oxygens (including phenoxy) is 3. The van der Waals surface area contributed by atoms with E-state index in [2.05, 4.69) is 5.32 Å². The summed E-state index contributed by atoms with van der Waals surface area (Å²) in [6, 6.07) is 34.9. The molecule has 0 radical (unpaired) electrons. The number of hydrogen-bond acceptors (Lipinski definition) is 10. The van der Waals surface area contributed by atoms with Gasteiger partial charge in [0, 0.05) is 23.3 Å². The summed E-state index contributed by atoms with van der Waals surface area (Å²) in [4.78, 5) is 66.7. The van der Waals surface area contributed by atoms with Gasteiger partial charge in [-0.2, -0.15) is 0 Å². The molecule has 0 unspecified atom stereocenters. The topological polar surface area (TPSA) is 154 Å². The van der Waals surface area contributed by atoms with Gasteiger partial charge in [0.05, 0.1) is 17.4 Å². The molecule has 0 aromatic heterocycles. The zero-order chi connectivity index (χ0) is 41.6. The summed E-state index contributed by atoms with van der Waals surface area (Å²) in [5, 5.41) is 2.79.